The summed E-state index contributed by atoms with van der Waals surface area (Å²) < 4.78 is 40.8. The predicted octanol–water partition coefficient (Wildman–Crippen LogP) is 4.05. The van der Waals surface area contributed by atoms with Gasteiger partial charge in [-0.05, 0) is 62.6 Å². The highest BCUT2D eigenvalue weighted by molar-refractivity contribution is 6.07. The third kappa shape index (κ3) is 3.81. The molecule has 1 aromatic carbocycles. The molecule has 2 heterocycles. The minimum Gasteiger partial charge on any atom is -0.370 e. The van der Waals surface area contributed by atoms with Gasteiger partial charge >= 0.3 is 6.18 Å². The van der Waals surface area contributed by atoms with Crippen LogP contribution in [-0.4, -0.2) is 30.7 Å². The number of alkyl halides is 3. The maximum atomic E-state index is 13.6. The van der Waals surface area contributed by atoms with Crippen molar-refractivity contribution < 1.29 is 13.2 Å². The predicted molar refractivity (Wildman–Crippen MR) is 114 cm³/mol. The average molecular weight is 422 g/mol. The topological polar surface area (TPSA) is 83.2 Å². The van der Waals surface area contributed by atoms with E-state index >= 15 is 0 Å². The number of aliphatic imine (C=N–C) groups is 2. The van der Waals surface area contributed by atoms with Crippen molar-refractivity contribution in [3.8, 4) is 0 Å². The van der Waals surface area contributed by atoms with Gasteiger partial charge in [0.05, 0.1) is 16.9 Å². The molecule has 0 atom stereocenters. The van der Waals surface area contributed by atoms with Gasteiger partial charge in [-0.25, -0.2) is 4.99 Å². The van der Waals surface area contributed by atoms with Gasteiger partial charge in [-0.3, -0.25) is 4.90 Å². The standard InChI is InChI=1S/C21H29F3N6/c1-14-7-11-29(12-8-14)16-6-5-15(21(22,23)24)13-17(16)30-19(26)27-18(25)28-20(30)9-3-2-4-10-20/h5-6,13-14H,2-4,7-12H2,1H3,(H4,25,26,27,28). The SMILES string of the molecule is CC1CCN(c2ccc(C(F)(F)F)cc2N2C(N)=NC(N)=NC23CCCCC3)CC1. The van der Waals surface area contributed by atoms with Gasteiger partial charge in [0, 0.05) is 13.1 Å². The van der Waals surface area contributed by atoms with E-state index in [-0.39, 0.29) is 11.9 Å². The molecule has 0 unspecified atom stereocenters. The highest BCUT2D eigenvalue weighted by Gasteiger charge is 2.44. The summed E-state index contributed by atoms with van der Waals surface area (Å²) >= 11 is 0. The summed E-state index contributed by atoms with van der Waals surface area (Å²) in [6, 6.07) is 3.92. The maximum absolute atomic E-state index is 13.6. The summed E-state index contributed by atoms with van der Waals surface area (Å²) in [7, 11) is 0. The number of rotatable bonds is 2. The van der Waals surface area contributed by atoms with Crippen LogP contribution in [0.1, 0.15) is 57.4 Å². The van der Waals surface area contributed by atoms with Crippen molar-refractivity contribution in [1.29, 1.82) is 0 Å². The normalized spacial score (nSPS) is 22.8. The summed E-state index contributed by atoms with van der Waals surface area (Å²) in [5.41, 5.74) is 11.9. The lowest BCUT2D eigenvalue weighted by Gasteiger charge is -2.47. The first kappa shape index (κ1) is 20.8. The Morgan fingerprint density at radius 2 is 1.70 bits per heavy atom. The monoisotopic (exact) mass is 422 g/mol. The van der Waals surface area contributed by atoms with Crippen LogP contribution in [0.25, 0.3) is 0 Å². The first-order valence-electron chi connectivity index (χ1n) is 10.7. The maximum Gasteiger partial charge on any atom is 0.416 e. The molecule has 0 radical (unpaired) electrons. The minimum absolute atomic E-state index is 0.0889. The number of halogens is 3. The van der Waals surface area contributed by atoms with Gasteiger partial charge in [-0.1, -0.05) is 13.3 Å². The van der Waals surface area contributed by atoms with E-state index in [0.717, 1.165) is 56.9 Å². The molecule has 4 rings (SSSR count). The highest BCUT2D eigenvalue weighted by Crippen LogP contribution is 2.45. The molecule has 0 aromatic heterocycles. The van der Waals surface area contributed by atoms with Crippen LogP contribution in [0, 0.1) is 5.92 Å². The van der Waals surface area contributed by atoms with Crippen molar-refractivity contribution in [3.05, 3.63) is 23.8 Å². The third-order valence-corrected chi connectivity index (χ3v) is 6.52. The summed E-state index contributed by atoms with van der Waals surface area (Å²) in [5.74, 6) is 0.802. The molecule has 4 N–H and O–H groups in total. The van der Waals surface area contributed by atoms with E-state index in [1.165, 1.54) is 6.07 Å². The third-order valence-electron chi connectivity index (χ3n) is 6.52. The molecule has 164 valence electrons. The molecule has 1 aromatic rings. The Balaban J connectivity index is 1.85. The number of nitrogens with zero attached hydrogens (tertiary/aromatic N) is 4. The Labute approximate surface area is 174 Å². The minimum atomic E-state index is -4.45. The van der Waals surface area contributed by atoms with Gasteiger partial charge in [0.2, 0.25) is 11.9 Å². The number of benzene rings is 1. The van der Waals surface area contributed by atoms with Crippen molar-refractivity contribution >= 4 is 23.3 Å². The number of piperidine rings is 1. The first-order valence-corrected chi connectivity index (χ1v) is 10.7. The van der Waals surface area contributed by atoms with E-state index in [1.807, 2.05) is 0 Å². The molecule has 1 saturated carbocycles. The summed E-state index contributed by atoms with van der Waals surface area (Å²) in [6.45, 7) is 3.79. The quantitative estimate of drug-likeness (QED) is 0.753. The smallest absolute Gasteiger partial charge is 0.370 e. The molecule has 1 spiro atoms. The van der Waals surface area contributed by atoms with Gasteiger partial charge in [-0.2, -0.15) is 18.2 Å². The fourth-order valence-electron chi connectivity index (χ4n) is 4.87. The molecule has 0 bridgehead atoms. The van der Waals surface area contributed by atoms with Crippen LogP contribution in [0.3, 0.4) is 0 Å². The molecule has 1 saturated heterocycles. The molecule has 0 amide bonds. The van der Waals surface area contributed by atoms with E-state index in [0.29, 0.717) is 24.4 Å². The first-order chi connectivity index (χ1) is 14.2. The van der Waals surface area contributed by atoms with Gasteiger partial charge in [0.15, 0.2) is 0 Å². The Bertz CT molecular complexity index is 849. The summed E-state index contributed by atoms with van der Waals surface area (Å²) in [6.07, 6.45) is 1.79. The van der Waals surface area contributed by atoms with E-state index in [9.17, 15) is 13.2 Å². The van der Waals surface area contributed by atoms with Crippen LogP contribution < -0.4 is 21.3 Å². The zero-order valence-electron chi connectivity index (χ0n) is 17.3. The molecule has 9 heteroatoms. The lowest BCUT2D eigenvalue weighted by Crippen LogP contribution is -2.58. The van der Waals surface area contributed by atoms with Crippen molar-refractivity contribution in [2.24, 2.45) is 27.4 Å². The summed E-state index contributed by atoms with van der Waals surface area (Å²) in [4.78, 5) is 12.6. The number of hydrogen-bond acceptors (Lipinski definition) is 6. The van der Waals surface area contributed by atoms with Crippen molar-refractivity contribution in [2.45, 2.75) is 63.7 Å². The lowest BCUT2D eigenvalue weighted by atomic mass is 9.87. The van der Waals surface area contributed by atoms with Crippen molar-refractivity contribution in [3.63, 3.8) is 0 Å². The van der Waals surface area contributed by atoms with Crippen LogP contribution in [0.5, 0.6) is 0 Å². The number of anilines is 2. The van der Waals surface area contributed by atoms with Gasteiger partial charge in [0.25, 0.3) is 0 Å². The van der Waals surface area contributed by atoms with Crippen LogP contribution >= 0.6 is 0 Å². The average Bonchev–Trinajstić information content (AvgIpc) is 2.68. The van der Waals surface area contributed by atoms with Crippen LogP contribution in [0.4, 0.5) is 24.5 Å². The van der Waals surface area contributed by atoms with Crippen LogP contribution in [0.2, 0.25) is 0 Å². The molecule has 1 aliphatic carbocycles. The summed E-state index contributed by atoms with van der Waals surface area (Å²) in [5, 5.41) is 0. The lowest BCUT2D eigenvalue weighted by molar-refractivity contribution is -0.137. The van der Waals surface area contributed by atoms with E-state index in [4.69, 9.17) is 11.5 Å². The van der Waals surface area contributed by atoms with Crippen molar-refractivity contribution in [1.82, 2.24) is 0 Å². The zero-order valence-corrected chi connectivity index (χ0v) is 17.3. The molecule has 2 aliphatic heterocycles. The van der Waals surface area contributed by atoms with E-state index in [1.54, 1.807) is 11.0 Å². The van der Waals surface area contributed by atoms with E-state index in [2.05, 4.69) is 21.8 Å². The Hall–Kier alpha value is -2.45. The van der Waals surface area contributed by atoms with Gasteiger partial charge < -0.3 is 16.4 Å². The Morgan fingerprint density at radius 3 is 2.33 bits per heavy atom. The largest absolute Gasteiger partial charge is 0.416 e. The Kier molecular flexibility index (Phi) is 5.32. The molecule has 2 fully saturated rings. The van der Waals surface area contributed by atoms with Gasteiger partial charge in [-0.15, -0.1) is 0 Å². The fraction of sp³-hybridized carbons (Fsp3) is 0.619. The number of hydrogen-bond donors (Lipinski definition) is 2. The van der Waals surface area contributed by atoms with Crippen LogP contribution in [-0.2, 0) is 6.18 Å². The fourth-order valence-corrected chi connectivity index (χ4v) is 4.87. The number of nitrogens with two attached hydrogens (primary N) is 2. The van der Waals surface area contributed by atoms with Gasteiger partial charge in [0.1, 0.15) is 5.66 Å². The molecular formula is C21H29F3N6. The molecule has 3 aliphatic rings. The second kappa shape index (κ2) is 7.67. The molecule has 6 nitrogen and oxygen atoms in total. The molecule has 30 heavy (non-hydrogen) atoms. The van der Waals surface area contributed by atoms with E-state index < -0.39 is 17.4 Å². The highest BCUT2D eigenvalue weighted by atomic mass is 19.4. The second-order valence-corrected chi connectivity index (χ2v) is 8.69. The van der Waals surface area contributed by atoms with Crippen molar-refractivity contribution in [2.75, 3.05) is 22.9 Å². The molecular weight excluding hydrogens is 393 g/mol. The number of guanidine groups is 2. The Morgan fingerprint density at radius 1 is 1.03 bits per heavy atom. The van der Waals surface area contributed by atoms with Crippen LogP contribution in [0.15, 0.2) is 28.2 Å². The second-order valence-electron chi connectivity index (χ2n) is 8.69. The zero-order chi connectivity index (χ0) is 21.5.